The summed E-state index contributed by atoms with van der Waals surface area (Å²) in [6.45, 7) is 9.97. The van der Waals surface area contributed by atoms with Gasteiger partial charge in [-0.05, 0) is 62.9 Å². The van der Waals surface area contributed by atoms with Crippen molar-refractivity contribution in [3.63, 3.8) is 0 Å². The molecule has 2 rings (SSSR count). The van der Waals surface area contributed by atoms with Gasteiger partial charge in [-0.3, -0.25) is 0 Å². The summed E-state index contributed by atoms with van der Waals surface area (Å²) in [6.07, 6.45) is 4.39. The molecule has 0 radical (unpaired) electrons. The zero-order valence-corrected chi connectivity index (χ0v) is 11.3. The zero-order valence-electron chi connectivity index (χ0n) is 11.3. The summed E-state index contributed by atoms with van der Waals surface area (Å²) in [5.41, 5.74) is 1.16. The lowest BCUT2D eigenvalue weighted by molar-refractivity contribution is 0.0548. The fourth-order valence-electron chi connectivity index (χ4n) is 4.35. The molecule has 2 bridgehead atoms. The van der Waals surface area contributed by atoms with E-state index in [4.69, 9.17) is 0 Å². The average Bonchev–Trinajstić information content (AvgIpc) is 2.47. The molecule has 0 N–H and O–H groups in total. The van der Waals surface area contributed by atoms with Crippen LogP contribution in [0.15, 0.2) is 0 Å². The molecular formula is C14H27N. The first-order chi connectivity index (χ1) is 6.80. The molecule has 0 amide bonds. The van der Waals surface area contributed by atoms with E-state index in [1.165, 1.54) is 19.3 Å². The van der Waals surface area contributed by atoms with Gasteiger partial charge >= 0.3 is 0 Å². The molecule has 0 aromatic rings. The lowest BCUT2D eigenvalue weighted by Crippen LogP contribution is -2.42. The van der Waals surface area contributed by atoms with Crippen LogP contribution < -0.4 is 0 Å². The molecule has 1 heteroatoms. The maximum atomic E-state index is 2.55. The van der Waals surface area contributed by atoms with E-state index in [1.807, 2.05) is 0 Å². The maximum absolute atomic E-state index is 2.55. The Hall–Kier alpha value is -0.0400. The predicted molar refractivity (Wildman–Crippen MR) is 65.9 cm³/mol. The highest BCUT2D eigenvalue weighted by Gasteiger charge is 2.62. The molecule has 0 aliphatic heterocycles. The minimum Gasteiger partial charge on any atom is -0.306 e. The minimum absolute atomic E-state index is 0.571. The minimum atomic E-state index is 0.571. The van der Waals surface area contributed by atoms with E-state index in [2.05, 4.69) is 46.7 Å². The summed E-state index contributed by atoms with van der Waals surface area (Å²) in [5, 5.41) is 0. The molecule has 0 aromatic carbocycles. The van der Waals surface area contributed by atoms with Crippen molar-refractivity contribution in [3.8, 4) is 0 Å². The smallest absolute Gasteiger partial charge is 0.00946 e. The van der Waals surface area contributed by atoms with Crippen LogP contribution in [0.4, 0.5) is 0 Å². The van der Waals surface area contributed by atoms with Gasteiger partial charge in [0.05, 0.1) is 0 Å². The highest BCUT2D eigenvalue weighted by atomic mass is 15.1. The van der Waals surface area contributed by atoms with E-state index in [1.54, 1.807) is 0 Å². The summed E-state index contributed by atoms with van der Waals surface area (Å²) in [5.74, 6) is 1.89. The lowest BCUT2D eigenvalue weighted by atomic mass is 9.65. The number of rotatable bonds is 2. The van der Waals surface area contributed by atoms with Gasteiger partial charge < -0.3 is 4.90 Å². The molecular weight excluding hydrogens is 182 g/mol. The molecule has 2 saturated carbocycles. The van der Waals surface area contributed by atoms with Crippen molar-refractivity contribution in [2.75, 3.05) is 14.1 Å². The van der Waals surface area contributed by atoms with Crippen LogP contribution in [0.3, 0.4) is 0 Å². The van der Waals surface area contributed by atoms with E-state index >= 15 is 0 Å². The Kier molecular flexibility index (Phi) is 2.46. The second-order valence-corrected chi connectivity index (χ2v) is 6.92. The second-order valence-electron chi connectivity index (χ2n) is 6.92. The van der Waals surface area contributed by atoms with Crippen molar-refractivity contribution in [2.24, 2.45) is 22.7 Å². The van der Waals surface area contributed by atoms with Gasteiger partial charge in [0.25, 0.3) is 0 Å². The van der Waals surface area contributed by atoms with Gasteiger partial charge in [0.2, 0.25) is 0 Å². The first-order valence-corrected chi connectivity index (χ1v) is 6.47. The molecule has 1 nitrogen and oxygen atoms in total. The summed E-state index contributed by atoms with van der Waals surface area (Å²) in [4.78, 5) is 2.41. The molecule has 0 aromatic heterocycles. The van der Waals surface area contributed by atoms with E-state index in [0.717, 1.165) is 17.9 Å². The van der Waals surface area contributed by atoms with Crippen LogP contribution in [-0.4, -0.2) is 25.0 Å². The normalized spacial score (nSPS) is 45.0. The van der Waals surface area contributed by atoms with Crippen molar-refractivity contribution in [1.82, 2.24) is 4.90 Å². The van der Waals surface area contributed by atoms with Crippen LogP contribution in [0.5, 0.6) is 0 Å². The fourth-order valence-corrected chi connectivity index (χ4v) is 4.35. The van der Waals surface area contributed by atoms with Crippen LogP contribution >= 0.6 is 0 Å². The third-order valence-electron chi connectivity index (χ3n) is 6.26. The molecule has 2 aliphatic carbocycles. The van der Waals surface area contributed by atoms with Crippen LogP contribution in [-0.2, 0) is 0 Å². The SMILES string of the molecule is CC(C1CC2CCC1(C)C2(C)C)N(C)C. The Balaban J connectivity index is 2.26. The molecule has 15 heavy (non-hydrogen) atoms. The molecule has 0 heterocycles. The van der Waals surface area contributed by atoms with E-state index in [9.17, 15) is 0 Å². The van der Waals surface area contributed by atoms with Gasteiger partial charge in [-0.15, -0.1) is 0 Å². The lowest BCUT2D eigenvalue weighted by Gasteiger charge is -2.43. The number of nitrogens with zero attached hydrogens (tertiary/aromatic N) is 1. The van der Waals surface area contributed by atoms with Crippen molar-refractivity contribution in [2.45, 2.75) is 53.0 Å². The van der Waals surface area contributed by atoms with Crippen molar-refractivity contribution >= 4 is 0 Å². The molecule has 2 fully saturated rings. The van der Waals surface area contributed by atoms with E-state index in [0.29, 0.717) is 10.8 Å². The topological polar surface area (TPSA) is 3.24 Å². The monoisotopic (exact) mass is 209 g/mol. The van der Waals surface area contributed by atoms with E-state index < -0.39 is 0 Å². The molecule has 0 saturated heterocycles. The van der Waals surface area contributed by atoms with Crippen LogP contribution in [0.25, 0.3) is 0 Å². The summed E-state index contributed by atoms with van der Waals surface area (Å²) in [7, 11) is 4.46. The standard InChI is InChI=1S/C14H27N/c1-10(15(5)6)12-9-11-7-8-14(12,4)13(11,2)3/h10-12H,7-9H2,1-6H3. The van der Waals surface area contributed by atoms with Gasteiger partial charge in [0, 0.05) is 6.04 Å². The third kappa shape index (κ3) is 1.32. The third-order valence-corrected chi connectivity index (χ3v) is 6.26. The van der Waals surface area contributed by atoms with Crippen molar-refractivity contribution < 1.29 is 0 Å². The van der Waals surface area contributed by atoms with Gasteiger partial charge in [-0.2, -0.15) is 0 Å². The predicted octanol–water partition coefficient (Wildman–Crippen LogP) is 3.40. The van der Waals surface area contributed by atoms with Gasteiger partial charge in [0.1, 0.15) is 0 Å². The van der Waals surface area contributed by atoms with Gasteiger partial charge in [-0.1, -0.05) is 20.8 Å². The first kappa shape index (κ1) is 11.4. The van der Waals surface area contributed by atoms with Crippen LogP contribution in [0.2, 0.25) is 0 Å². The van der Waals surface area contributed by atoms with Gasteiger partial charge in [0.15, 0.2) is 0 Å². The maximum Gasteiger partial charge on any atom is 0.00946 e. The Bertz CT molecular complexity index is 256. The number of hydrogen-bond acceptors (Lipinski definition) is 1. The van der Waals surface area contributed by atoms with Gasteiger partial charge in [-0.25, -0.2) is 0 Å². The Morgan fingerprint density at radius 1 is 1.20 bits per heavy atom. The molecule has 0 spiro atoms. The Morgan fingerprint density at radius 3 is 2.13 bits per heavy atom. The number of hydrogen-bond donors (Lipinski definition) is 0. The first-order valence-electron chi connectivity index (χ1n) is 6.47. The van der Waals surface area contributed by atoms with Crippen molar-refractivity contribution in [3.05, 3.63) is 0 Å². The Labute approximate surface area is 95.2 Å². The quantitative estimate of drug-likeness (QED) is 0.674. The molecule has 4 unspecified atom stereocenters. The highest BCUT2D eigenvalue weighted by molar-refractivity contribution is 5.11. The molecule has 88 valence electrons. The van der Waals surface area contributed by atoms with Crippen LogP contribution in [0, 0.1) is 22.7 Å². The molecule has 2 aliphatic rings. The average molecular weight is 209 g/mol. The summed E-state index contributed by atoms with van der Waals surface area (Å²) >= 11 is 0. The second kappa shape index (κ2) is 3.23. The number of fused-ring (bicyclic) bond motifs is 2. The van der Waals surface area contributed by atoms with E-state index in [-0.39, 0.29) is 0 Å². The zero-order chi connectivity index (χ0) is 11.4. The largest absolute Gasteiger partial charge is 0.306 e. The fraction of sp³-hybridized carbons (Fsp3) is 1.00. The van der Waals surface area contributed by atoms with Crippen molar-refractivity contribution in [1.29, 1.82) is 0 Å². The molecule has 4 atom stereocenters. The summed E-state index contributed by atoms with van der Waals surface area (Å²) in [6, 6.07) is 0.736. The highest BCUT2D eigenvalue weighted by Crippen LogP contribution is 2.68. The van der Waals surface area contributed by atoms with Crippen LogP contribution in [0.1, 0.15) is 47.0 Å². The Morgan fingerprint density at radius 2 is 1.80 bits per heavy atom. The summed E-state index contributed by atoms with van der Waals surface area (Å²) < 4.78 is 0.